The summed E-state index contributed by atoms with van der Waals surface area (Å²) in [5, 5.41) is 3.10. The number of nitrogens with one attached hydrogen (secondary N) is 1. The maximum absolute atomic E-state index is 13.0. The number of aromatic amines is 1. The number of halogens is 3. The molecule has 134 valence electrons. The van der Waals surface area contributed by atoms with Crippen LogP contribution < -0.4 is 5.56 Å². The average molecular weight is 481 g/mol. The van der Waals surface area contributed by atoms with E-state index in [4.69, 9.17) is 0 Å². The van der Waals surface area contributed by atoms with Crippen LogP contribution in [0.2, 0.25) is 0 Å². The number of hydrogen-bond donors (Lipinski definition) is 1. The summed E-state index contributed by atoms with van der Waals surface area (Å²) in [5.41, 5.74) is 3.37. The highest BCUT2D eigenvalue weighted by atomic mass is 79.9. The molecule has 1 heterocycles. The summed E-state index contributed by atoms with van der Waals surface area (Å²) in [4.78, 5) is 17.4. The second-order valence-electron chi connectivity index (χ2n) is 5.88. The van der Waals surface area contributed by atoms with E-state index in [1.807, 2.05) is 32.0 Å². The number of H-pyrrole nitrogens is 1. The van der Waals surface area contributed by atoms with Crippen molar-refractivity contribution in [1.29, 1.82) is 0 Å². The Bertz CT molecular complexity index is 1040. The van der Waals surface area contributed by atoms with Gasteiger partial charge in [0.2, 0.25) is 0 Å². The third-order valence-electron chi connectivity index (χ3n) is 4.00. The van der Waals surface area contributed by atoms with Crippen LogP contribution in [0.3, 0.4) is 0 Å². The molecule has 2 aromatic carbocycles. The van der Waals surface area contributed by atoms with Crippen LogP contribution in [-0.4, -0.2) is 15.5 Å². The van der Waals surface area contributed by atoms with Crippen LogP contribution in [0.1, 0.15) is 23.7 Å². The number of hydrogen-bond acceptors (Lipinski definition) is 2. The van der Waals surface area contributed by atoms with Gasteiger partial charge in [0.05, 0.1) is 17.8 Å². The molecule has 7 heteroatoms. The first-order valence-corrected chi connectivity index (χ1v) is 9.48. The summed E-state index contributed by atoms with van der Waals surface area (Å²) in [7, 11) is 0. The minimum Gasteiger partial charge on any atom is -0.295 e. The smallest absolute Gasteiger partial charge is 0.280 e. The van der Waals surface area contributed by atoms with E-state index in [1.54, 1.807) is 12.1 Å². The molecule has 3 aromatic rings. The lowest BCUT2D eigenvalue weighted by molar-refractivity contribution is 0.627. The summed E-state index contributed by atoms with van der Waals surface area (Å²) in [6, 6.07) is 11.8. The van der Waals surface area contributed by atoms with Gasteiger partial charge in [-0.3, -0.25) is 14.9 Å². The fraction of sp³-hybridized carbons (Fsp3) is 0.158. The maximum Gasteiger partial charge on any atom is 0.280 e. The van der Waals surface area contributed by atoms with Crippen LogP contribution in [0.5, 0.6) is 0 Å². The number of rotatable bonds is 4. The predicted molar refractivity (Wildman–Crippen MR) is 109 cm³/mol. The Balaban J connectivity index is 1.95. The number of aromatic nitrogens is 2. The Morgan fingerprint density at radius 1 is 1.19 bits per heavy atom. The molecule has 1 aromatic heterocycles. The van der Waals surface area contributed by atoms with E-state index in [1.165, 1.54) is 16.8 Å². The summed E-state index contributed by atoms with van der Waals surface area (Å²) in [5.74, 6) is -0.279. The van der Waals surface area contributed by atoms with E-state index in [0.29, 0.717) is 17.8 Å². The number of nitrogens with zero attached hydrogens (tertiary/aromatic N) is 2. The van der Waals surface area contributed by atoms with Crippen molar-refractivity contribution in [1.82, 2.24) is 9.78 Å². The van der Waals surface area contributed by atoms with Crippen molar-refractivity contribution >= 4 is 37.6 Å². The Morgan fingerprint density at radius 2 is 1.88 bits per heavy atom. The molecule has 0 spiro atoms. The van der Waals surface area contributed by atoms with E-state index < -0.39 is 0 Å². The fourth-order valence-electron chi connectivity index (χ4n) is 2.68. The quantitative estimate of drug-likeness (QED) is 0.516. The topological polar surface area (TPSA) is 50.1 Å². The predicted octanol–water partition coefficient (Wildman–Crippen LogP) is 5.15. The van der Waals surface area contributed by atoms with Crippen LogP contribution in [0.15, 0.2) is 61.2 Å². The monoisotopic (exact) mass is 479 g/mol. The number of benzene rings is 2. The average Bonchev–Trinajstić information content (AvgIpc) is 2.88. The van der Waals surface area contributed by atoms with Crippen molar-refractivity contribution in [3.63, 3.8) is 0 Å². The summed E-state index contributed by atoms with van der Waals surface area (Å²) in [6.45, 7) is 4.04. The van der Waals surface area contributed by atoms with Crippen LogP contribution in [0.25, 0.3) is 5.69 Å². The van der Waals surface area contributed by atoms with Gasteiger partial charge in [-0.05, 0) is 65.7 Å². The zero-order valence-electron chi connectivity index (χ0n) is 14.2. The molecular weight excluding hydrogens is 465 g/mol. The molecule has 0 fully saturated rings. The summed E-state index contributed by atoms with van der Waals surface area (Å²) in [6.07, 6.45) is 0. The van der Waals surface area contributed by atoms with Crippen LogP contribution in [-0.2, 0) is 6.54 Å². The lowest BCUT2D eigenvalue weighted by Crippen LogP contribution is -2.20. The van der Waals surface area contributed by atoms with Gasteiger partial charge in [0.1, 0.15) is 5.82 Å². The molecule has 0 aliphatic heterocycles. The van der Waals surface area contributed by atoms with Crippen molar-refractivity contribution in [3.8, 4) is 5.69 Å². The third kappa shape index (κ3) is 3.88. The van der Waals surface area contributed by atoms with Gasteiger partial charge in [-0.25, -0.2) is 9.07 Å². The van der Waals surface area contributed by atoms with Crippen molar-refractivity contribution in [3.05, 3.63) is 84.4 Å². The molecule has 0 unspecified atom stereocenters. The molecule has 26 heavy (non-hydrogen) atoms. The first kappa shape index (κ1) is 18.8. The van der Waals surface area contributed by atoms with Crippen molar-refractivity contribution in [2.24, 2.45) is 4.99 Å². The van der Waals surface area contributed by atoms with E-state index in [0.717, 1.165) is 25.9 Å². The molecule has 3 rings (SSSR count). The van der Waals surface area contributed by atoms with Gasteiger partial charge in [-0.1, -0.05) is 28.1 Å². The zero-order valence-corrected chi connectivity index (χ0v) is 17.4. The molecule has 4 nitrogen and oxygen atoms in total. The van der Waals surface area contributed by atoms with Gasteiger partial charge in [0.25, 0.3) is 5.56 Å². The van der Waals surface area contributed by atoms with Crippen molar-refractivity contribution < 1.29 is 4.39 Å². The SMILES string of the molecule is CC(=NCc1ccc(F)cc1)c1c(C)[nH]n(-c2ccc(Br)cc2Br)c1=O. The summed E-state index contributed by atoms with van der Waals surface area (Å²) < 4.78 is 16.2. The zero-order chi connectivity index (χ0) is 18.8. The molecule has 0 aliphatic carbocycles. The normalized spacial score (nSPS) is 11.8. The summed E-state index contributed by atoms with van der Waals surface area (Å²) >= 11 is 6.89. The lowest BCUT2D eigenvalue weighted by Gasteiger charge is -2.05. The highest BCUT2D eigenvalue weighted by Crippen LogP contribution is 2.24. The van der Waals surface area contributed by atoms with Crippen LogP contribution in [0, 0.1) is 12.7 Å². The largest absolute Gasteiger partial charge is 0.295 e. The van der Waals surface area contributed by atoms with Crippen molar-refractivity contribution in [2.75, 3.05) is 0 Å². The molecular formula is C19H16Br2FN3O. The van der Waals surface area contributed by atoms with Crippen LogP contribution in [0.4, 0.5) is 4.39 Å². The van der Waals surface area contributed by atoms with Gasteiger partial charge in [-0.15, -0.1) is 0 Å². The van der Waals surface area contributed by atoms with Gasteiger partial charge < -0.3 is 0 Å². The second-order valence-corrected chi connectivity index (χ2v) is 7.65. The van der Waals surface area contributed by atoms with Crippen molar-refractivity contribution in [2.45, 2.75) is 20.4 Å². The number of aryl methyl sites for hydroxylation is 1. The lowest BCUT2D eigenvalue weighted by atomic mass is 10.1. The molecule has 0 aliphatic rings. The Morgan fingerprint density at radius 3 is 2.54 bits per heavy atom. The van der Waals surface area contributed by atoms with E-state index >= 15 is 0 Å². The first-order chi connectivity index (χ1) is 12.4. The highest BCUT2D eigenvalue weighted by molar-refractivity contribution is 9.11. The Kier molecular flexibility index (Phi) is 5.58. The Hall–Kier alpha value is -1.99. The first-order valence-electron chi connectivity index (χ1n) is 7.89. The molecule has 0 bridgehead atoms. The number of aliphatic imine (C=N–C) groups is 1. The van der Waals surface area contributed by atoms with Gasteiger partial charge in [-0.2, -0.15) is 0 Å². The van der Waals surface area contributed by atoms with Crippen LogP contribution >= 0.6 is 31.9 Å². The van der Waals surface area contributed by atoms with Gasteiger partial charge in [0, 0.05) is 20.4 Å². The second kappa shape index (κ2) is 7.72. The minimum atomic E-state index is -0.279. The molecule has 0 amide bonds. The minimum absolute atomic E-state index is 0.161. The van der Waals surface area contributed by atoms with E-state index in [2.05, 4.69) is 42.0 Å². The molecule has 0 radical (unpaired) electrons. The molecule has 0 saturated carbocycles. The van der Waals surface area contributed by atoms with E-state index in [-0.39, 0.29) is 11.4 Å². The highest BCUT2D eigenvalue weighted by Gasteiger charge is 2.16. The maximum atomic E-state index is 13.0. The Labute approximate surface area is 167 Å². The van der Waals surface area contributed by atoms with Gasteiger partial charge in [0.15, 0.2) is 0 Å². The molecule has 1 N–H and O–H groups in total. The van der Waals surface area contributed by atoms with E-state index in [9.17, 15) is 9.18 Å². The molecule has 0 atom stereocenters. The molecule has 0 saturated heterocycles. The standard InChI is InChI=1S/C19H16Br2FN3O/c1-11(23-10-13-3-6-15(22)7-4-13)18-12(2)24-25(19(18)26)17-8-5-14(20)9-16(17)21/h3-9,24H,10H2,1-2H3. The fourth-order valence-corrected chi connectivity index (χ4v) is 3.91. The van der Waals surface area contributed by atoms with Gasteiger partial charge >= 0.3 is 0 Å². The third-order valence-corrected chi connectivity index (χ3v) is 5.12.